The van der Waals surface area contributed by atoms with Crippen LogP contribution in [0.15, 0.2) is 24.3 Å². The molecule has 7 nitrogen and oxygen atoms in total. The molecule has 0 atom stereocenters. The summed E-state index contributed by atoms with van der Waals surface area (Å²) in [5.41, 5.74) is 2.01. The normalized spacial score (nSPS) is 16.4. The molecular formula is C19H25N3O4S. The van der Waals surface area contributed by atoms with Crippen molar-refractivity contribution in [2.75, 3.05) is 33.0 Å². The molecule has 0 radical (unpaired) electrons. The van der Waals surface area contributed by atoms with Crippen LogP contribution in [0.4, 0.5) is 0 Å². The number of amides is 1. The molecule has 0 bridgehead atoms. The second-order valence-electron chi connectivity index (χ2n) is 7.00. The van der Waals surface area contributed by atoms with Crippen LogP contribution < -0.4 is 10.1 Å². The Morgan fingerprint density at radius 1 is 1.30 bits per heavy atom. The first-order chi connectivity index (χ1) is 12.8. The number of carbonyl (C=O) groups excluding carboxylic acids is 1. The maximum atomic E-state index is 12.6. The highest BCUT2D eigenvalue weighted by molar-refractivity contribution is 7.88. The molecule has 0 spiro atoms. The van der Waals surface area contributed by atoms with Gasteiger partial charge in [-0.1, -0.05) is 0 Å². The molecule has 0 unspecified atom stereocenters. The minimum Gasteiger partial charge on any atom is -0.497 e. The Labute approximate surface area is 159 Å². The zero-order valence-electron chi connectivity index (χ0n) is 15.9. The molecule has 3 rings (SSSR count). The predicted molar refractivity (Wildman–Crippen MR) is 105 cm³/mol. The molecule has 2 heterocycles. The summed E-state index contributed by atoms with van der Waals surface area (Å²) in [5.74, 6) is 0.861. The van der Waals surface area contributed by atoms with Crippen molar-refractivity contribution in [3.8, 4) is 5.75 Å². The van der Waals surface area contributed by atoms with E-state index in [2.05, 4.69) is 10.3 Å². The molecule has 146 valence electrons. The van der Waals surface area contributed by atoms with Crippen molar-refractivity contribution in [3.05, 3.63) is 35.5 Å². The first kappa shape index (κ1) is 19.6. The molecule has 8 heteroatoms. The van der Waals surface area contributed by atoms with E-state index in [0.717, 1.165) is 29.5 Å². The number of benzene rings is 1. The fourth-order valence-electron chi connectivity index (χ4n) is 3.38. The van der Waals surface area contributed by atoms with Crippen LogP contribution in [-0.4, -0.2) is 56.6 Å². The van der Waals surface area contributed by atoms with Crippen LogP contribution in [0.5, 0.6) is 5.75 Å². The van der Waals surface area contributed by atoms with Crippen LogP contribution in [0, 0.1) is 12.8 Å². The first-order valence-electron chi connectivity index (χ1n) is 8.96. The van der Waals surface area contributed by atoms with E-state index in [1.165, 1.54) is 10.6 Å². The summed E-state index contributed by atoms with van der Waals surface area (Å²) in [7, 11) is -1.52. The number of aryl methyl sites for hydroxylation is 1. The largest absolute Gasteiger partial charge is 0.497 e. The summed E-state index contributed by atoms with van der Waals surface area (Å²) in [6.07, 6.45) is 2.74. The number of methoxy groups -OCH3 is 1. The number of hydrogen-bond acceptors (Lipinski definition) is 5. The van der Waals surface area contributed by atoms with Gasteiger partial charge in [-0.05, 0) is 43.9 Å². The van der Waals surface area contributed by atoms with Gasteiger partial charge in [0.1, 0.15) is 5.75 Å². The highest BCUT2D eigenvalue weighted by Gasteiger charge is 2.25. The molecule has 0 aliphatic carbocycles. The van der Waals surface area contributed by atoms with E-state index >= 15 is 0 Å². The number of nitrogens with one attached hydrogen (secondary N) is 1. The van der Waals surface area contributed by atoms with Crippen molar-refractivity contribution >= 4 is 26.8 Å². The van der Waals surface area contributed by atoms with Crippen LogP contribution in [0.1, 0.15) is 28.9 Å². The fraction of sp³-hybridized carbons (Fsp3) is 0.474. The molecule has 1 fully saturated rings. The van der Waals surface area contributed by atoms with Crippen molar-refractivity contribution in [1.82, 2.24) is 14.6 Å². The third kappa shape index (κ3) is 4.56. The number of ether oxygens (including phenoxy) is 1. The average molecular weight is 391 g/mol. The Morgan fingerprint density at radius 3 is 2.63 bits per heavy atom. The summed E-state index contributed by atoms with van der Waals surface area (Å²) < 4.78 is 29.9. The molecular weight excluding hydrogens is 366 g/mol. The number of fused-ring (bicyclic) bond motifs is 1. The van der Waals surface area contributed by atoms with Crippen LogP contribution in [0.3, 0.4) is 0 Å². The van der Waals surface area contributed by atoms with Crippen LogP contribution in [0.2, 0.25) is 0 Å². The van der Waals surface area contributed by atoms with E-state index in [1.54, 1.807) is 7.11 Å². The Hall–Kier alpha value is -2.19. The van der Waals surface area contributed by atoms with E-state index in [9.17, 15) is 13.2 Å². The fourth-order valence-corrected chi connectivity index (χ4v) is 4.25. The Balaban J connectivity index is 1.64. The molecule has 1 aliphatic rings. The summed E-state index contributed by atoms with van der Waals surface area (Å²) >= 11 is 0. The lowest BCUT2D eigenvalue weighted by Crippen LogP contribution is -2.41. The maximum Gasteiger partial charge on any atom is 0.253 e. The van der Waals surface area contributed by atoms with Gasteiger partial charge in [-0.15, -0.1) is 0 Å². The third-order valence-electron chi connectivity index (χ3n) is 5.05. The van der Waals surface area contributed by atoms with Gasteiger partial charge in [0.05, 0.1) is 30.1 Å². The highest BCUT2D eigenvalue weighted by atomic mass is 32.2. The zero-order valence-corrected chi connectivity index (χ0v) is 16.7. The van der Waals surface area contributed by atoms with Gasteiger partial charge in [-0.25, -0.2) is 12.7 Å². The standard InChI is InChI=1S/C19H25N3O4S/c1-13-17(10-15-4-5-16(26-2)11-18(15)21-13)19(23)20-12-14-6-8-22(9-7-14)27(3,24)25/h4-5,10-11,14H,6-9,12H2,1-3H3,(H,20,23). The Morgan fingerprint density at radius 2 is 2.00 bits per heavy atom. The number of sulfonamides is 1. The number of carbonyl (C=O) groups is 1. The number of piperidine rings is 1. The van der Waals surface area contributed by atoms with E-state index in [0.29, 0.717) is 30.9 Å². The van der Waals surface area contributed by atoms with Crippen molar-refractivity contribution in [3.63, 3.8) is 0 Å². The Bertz CT molecular complexity index is 951. The third-order valence-corrected chi connectivity index (χ3v) is 6.36. The number of rotatable bonds is 5. The number of aromatic nitrogens is 1. The minimum absolute atomic E-state index is 0.150. The van der Waals surface area contributed by atoms with Gasteiger partial charge in [0.2, 0.25) is 10.0 Å². The quantitative estimate of drug-likeness (QED) is 0.842. The van der Waals surface area contributed by atoms with Gasteiger partial charge < -0.3 is 10.1 Å². The molecule has 1 amide bonds. The molecule has 1 aliphatic heterocycles. The monoisotopic (exact) mass is 391 g/mol. The zero-order chi connectivity index (χ0) is 19.6. The van der Waals surface area contributed by atoms with Gasteiger partial charge in [0.15, 0.2) is 0 Å². The highest BCUT2D eigenvalue weighted by Crippen LogP contribution is 2.22. The van der Waals surface area contributed by atoms with Crippen molar-refractivity contribution in [1.29, 1.82) is 0 Å². The van der Waals surface area contributed by atoms with E-state index in [-0.39, 0.29) is 11.8 Å². The van der Waals surface area contributed by atoms with Gasteiger partial charge in [0.25, 0.3) is 5.91 Å². The lowest BCUT2D eigenvalue weighted by Gasteiger charge is -2.30. The predicted octanol–water partition coefficient (Wildman–Crippen LogP) is 1.95. The Kier molecular flexibility index (Phi) is 5.67. The topological polar surface area (TPSA) is 88.6 Å². The van der Waals surface area contributed by atoms with Crippen molar-refractivity contribution in [2.45, 2.75) is 19.8 Å². The molecule has 1 N–H and O–H groups in total. The molecule has 1 saturated heterocycles. The lowest BCUT2D eigenvalue weighted by molar-refractivity contribution is 0.0940. The van der Waals surface area contributed by atoms with Crippen LogP contribution in [0.25, 0.3) is 10.9 Å². The first-order valence-corrected chi connectivity index (χ1v) is 10.8. The number of pyridine rings is 1. The lowest BCUT2D eigenvalue weighted by atomic mass is 9.98. The van der Waals surface area contributed by atoms with E-state index in [1.807, 2.05) is 31.2 Å². The van der Waals surface area contributed by atoms with Crippen LogP contribution in [-0.2, 0) is 10.0 Å². The minimum atomic E-state index is -3.13. The molecule has 1 aromatic heterocycles. The molecule has 0 saturated carbocycles. The summed E-state index contributed by atoms with van der Waals surface area (Å²) in [4.78, 5) is 17.1. The second kappa shape index (κ2) is 7.82. The SMILES string of the molecule is COc1ccc2cc(C(=O)NCC3CCN(S(C)(=O)=O)CC3)c(C)nc2c1. The number of hydrogen-bond donors (Lipinski definition) is 1. The summed E-state index contributed by atoms with van der Waals surface area (Å²) in [6, 6.07) is 7.42. The van der Waals surface area contributed by atoms with Gasteiger partial charge >= 0.3 is 0 Å². The molecule has 1 aromatic carbocycles. The molecule has 27 heavy (non-hydrogen) atoms. The molecule has 2 aromatic rings. The van der Waals surface area contributed by atoms with E-state index in [4.69, 9.17) is 4.74 Å². The van der Waals surface area contributed by atoms with E-state index < -0.39 is 10.0 Å². The van der Waals surface area contributed by atoms with Crippen molar-refractivity contribution < 1.29 is 17.9 Å². The summed E-state index contributed by atoms with van der Waals surface area (Å²) in [6.45, 7) is 3.38. The van der Waals surface area contributed by atoms with Gasteiger partial charge in [-0.3, -0.25) is 9.78 Å². The maximum absolute atomic E-state index is 12.6. The second-order valence-corrected chi connectivity index (χ2v) is 8.98. The smallest absolute Gasteiger partial charge is 0.253 e. The summed E-state index contributed by atoms with van der Waals surface area (Å²) in [5, 5.41) is 3.86. The van der Waals surface area contributed by atoms with Crippen molar-refractivity contribution in [2.24, 2.45) is 5.92 Å². The van der Waals surface area contributed by atoms with Gasteiger partial charge in [0, 0.05) is 31.1 Å². The van der Waals surface area contributed by atoms with Gasteiger partial charge in [-0.2, -0.15) is 0 Å². The van der Waals surface area contributed by atoms with Crippen LogP contribution >= 0.6 is 0 Å². The number of nitrogens with zero attached hydrogens (tertiary/aromatic N) is 2. The average Bonchev–Trinajstić information content (AvgIpc) is 2.64.